The lowest BCUT2D eigenvalue weighted by molar-refractivity contribution is 0.573. The van der Waals surface area contributed by atoms with Crippen LogP contribution in [0.15, 0.2) is 36.8 Å². The highest BCUT2D eigenvalue weighted by Crippen LogP contribution is 2.28. The van der Waals surface area contributed by atoms with E-state index in [9.17, 15) is 0 Å². The average Bonchev–Trinajstić information content (AvgIpc) is 2.74. The van der Waals surface area contributed by atoms with E-state index < -0.39 is 0 Å². The molecule has 2 aromatic rings. The summed E-state index contributed by atoms with van der Waals surface area (Å²) in [5, 5.41) is 0. The van der Waals surface area contributed by atoms with Gasteiger partial charge in [-0.1, -0.05) is 6.07 Å². The summed E-state index contributed by atoms with van der Waals surface area (Å²) in [5.74, 6) is 0. The van der Waals surface area contributed by atoms with Gasteiger partial charge in [0.05, 0.1) is 12.2 Å². The highest BCUT2D eigenvalue weighted by atomic mass is 15.0. The van der Waals surface area contributed by atoms with E-state index in [1.165, 1.54) is 17.5 Å². The summed E-state index contributed by atoms with van der Waals surface area (Å²) >= 11 is 0. The molecule has 17 heavy (non-hydrogen) atoms. The van der Waals surface area contributed by atoms with Gasteiger partial charge in [-0.25, -0.2) is 0 Å². The molecule has 88 valence electrons. The third-order valence-corrected chi connectivity index (χ3v) is 3.43. The summed E-state index contributed by atoms with van der Waals surface area (Å²) in [5.41, 5.74) is 9.96. The van der Waals surface area contributed by atoms with Gasteiger partial charge < -0.3 is 10.3 Å². The lowest BCUT2D eigenvalue weighted by Gasteiger charge is -2.17. The average molecular weight is 227 g/mol. The van der Waals surface area contributed by atoms with Crippen molar-refractivity contribution < 1.29 is 0 Å². The van der Waals surface area contributed by atoms with Crippen LogP contribution in [0, 0.1) is 0 Å². The summed E-state index contributed by atoms with van der Waals surface area (Å²) < 4.78 is 2.21. The van der Waals surface area contributed by atoms with Crippen LogP contribution in [0.25, 0.3) is 0 Å². The monoisotopic (exact) mass is 227 g/mol. The first-order chi connectivity index (χ1) is 8.33. The molecule has 1 aliphatic rings. The van der Waals surface area contributed by atoms with Crippen LogP contribution >= 0.6 is 0 Å². The van der Waals surface area contributed by atoms with Crippen LogP contribution in [0.1, 0.15) is 35.7 Å². The Hall–Kier alpha value is -1.61. The van der Waals surface area contributed by atoms with Crippen LogP contribution in [0.3, 0.4) is 0 Å². The standard InChI is InChI=1S/C14H17N3/c15-14-6-3-4-11-8-17(10-13(11)14)9-12-5-1-2-7-16-12/h1-2,5,7-8,10,14H,3-4,6,9,15H2. The molecule has 1 unspecified atom stereocenters. The largest absolute Gasteiger partial charge is 0.348 e. The molecule has 2 aromatic heterocycles. The predicted octanol–water partition coefficient (Wildman–Crippen LogP) is 2.27. The number of nitrogens with zero attached hydrogens (tertiary/aromatic N) is 2. The number of hydrogen-bond donors (Lipinski definition) is 1. The second-order valence-corrected chi connectivity index (χ2v) is 4.73. The minimum absolute atomic E-state index is 0.226. The first-order valence-corrected chi connectivity index (χ1v) is 6.17. The highest BCUT2D eigenvalue weighted by molar-refractivity contribution is 5.30. The Morgan fingerprint density at radius 1 is 1.35 bits per heavy atom. The maximum absolute atomic E-state index is 6.12. The summed E-state index contributed by atoms with van der Waals surface area (Å²) in [4.78, 5) is 4.35. The first kappa shape index (κ1) is 10.5. The normalized spacial score (nSPS) is 19.0. The van der Waals surface area contributed by atoms with Gasteiger partial charge in [-0.2, -0.15) is 0 Å². The van der Waals surface area contributed by atoms with Crippen molar-refractivity contribution in [2.45, 2.75) is 31.8 Å². The third-order valence-electron chi connectivity index (χ3n) is 3.43. The number of rotatable bonds is 2. The van der Waals surface area contributed by atoms with Crippen molar-refractivity contribution in [1.29, 1.82) is 0 Å². The second kappa shape index (κ2) is 4.34. The molecule has 1 aliphatic carbocycles. The SMILES string of the molecule is NC1CCCc2cn(Cc3ccccn3)cc21. The van der Waals surface area contributed by atoms with E-state index in [1.807, 2.05) is 18.3 Å². The first-order valence-electron chi connectivity index (χ1n) is 6.17. The third kappa shape index (κ3) is 2.11. The molecule has 0 spiro atoms. The highest BCUT2D eigenvalue weighted by Gasteiger charge is 2.18. The lowest BCUT2D eigenvalue weighted by atomic mass is 9.92. The van der Waals surface area contributed by atoms with Crippen molar-refractivity contribution in [2.24, 2.45) is 5.73 Å². The lowest BCUT2D eigenvalue weighted by Crippen LogP contribution is -2.15. The van der Waals surface area contributed by atoms with Crippen LogP contribution in [-0.2, 0) is 13.0 Å². The van der Waals surface area contributed by atoms with Crippen LogP contribution in [0.4, 0.5) is 0 Å². The molecule has 0 amide bonds. The minimum Gasteiger partial charge on any atom is -0.348 e. The molecule has 3 rings (SSSR count). The Morgan fingerprint density at radius 3 is 3.06 bits per heavy atom. The molecule has 1 atom stereocenters. The van der Waals surface area contributed by atoms with E-state index in [4.69, 9.17) is 5.73 Å². The fourth-order valence-corrected chi connectivity index (χ4v) is 2.55. The van der Waals surface area contributed by atoms with Crippen LogP contribution in [0.2, 0.25) is 0 Å². The Balaban J connectivity index is 1.85. The number of aryl methyl sites for hydroxylation is 1. The molecule has 3 heteroatoms. The van der Waals surface area contributed by atoms with E-state index in [2.05, 4.69) is 28.0 Å². The van der Waals surface area contributed by atoms with Crippen molar-refractivity contribution >= 4 is 0 Å². The van der Waals surface area contributed by atoms with E-state index in [0.717, 1.165) is 25.1 Å². The summed E-state index contributed by atoms with van der Waals surface area (Å²) in [7, 11) is 0. The van der Waals surface area contributed by atoms with Crippen molar-refractivity contribution in [2.75, 3.05) is 0 Å². The van der Waals surface area contributed by atoms with E-state index >= 15 is 0 Å². The van der Waals surface area contributed by atoms with Crippen molar-refractivity contribution in [3.63, 3.8) is 0 Å². The Labute approximate surface area is 101 Å². The molecule has 2 heterocycles. The van der Waals surface area contributed by atoms with Gasteiger partial charge in [-0.15, -0.1) is 0 Å². The summed E-state index contributed by atoms with van der Waals surface area (Å²) in [6.45, 7) is 0.834. The van der Waals surface area contributed by atoms with Gasteiger partial charge in [0.25, 0.3) is 0 Å². The molecule has 0 bridgehead atoms. The zero-order chi connectivity index (χ0) is 11.7. The van der Waals surface area contributed by atoms with Crippen molar-refractivity contribution in [1.82, 2.24) is 9.55 Å². The Kier molecular flexibility index (Phi) is 2.69. The maximum atomic E-state index is 6.12. The number of pyridine rings is 1. The Morgan fingerprint density at radius 2 is 2.29 bits per heavy atom. The summed E-state index contributed by atoms with van der Waals surface area (Å²) in [6, 6.07) is 6.25. The molecule has 0 fully saturated rings. The van der Waals surface area contributed by atoms with Gasteiger partial charge in [0.1, 0.15) is 0 Å². The number of nitrogens with two attached hydrogens (primary N) is 1. The van der Waals surface area contributed by atoms with Gasteiger partial charge in [-0.05, 0) is 42.5 Å². The van der Waals surface area contributed by atoms with Gasteiger partial charge in [0, 0.05) is 24.6 Å². The van der Waals surface area contributed by atoms with Gasteiger partial charge in [-0.3, -0.25) is 4.98 Å². The molecule has 0 saturated heterocycles. The number of hydrogen-bond acceptors (Lipinski definition) is 2. The molecular weight excluding hydrogens is 210 g/mol. The predicted molar refractivity (Wildman–Crippen MR) is 67.6 cm³/mol. The minimum atomic E-state index is 0.226. The fraction of sp³-hybridized carbons (Fsp3) is 0.357. The molecule has 3 nitrogen and oxygen atoms in total. The molecule has 2 N–H and O–H groups in total. The van der Waals surface area contributed by atoms with E-state index in [1.54, 1.807) is 0 Å². The van der Waals surface area contributed by atoms with E-state index in [0.29, 0.717) is 0 Å². The molecule has 0 aromatic carbocycles. The van der Waals surface area contributed by atoms with Crippen molar-refractivity contribution in [3.8, 4) is 0 Å². The molecule has 0 aliphatic heterocycles. The van der Waals surface area contributed by atoms with Gasteiger partial charge in [0.15, 0.2) is 0 Å². The van der Waals surface area contributed by atoms with Gasteiger partial charge in [0.2, 0.25) is 0 Å². The fourth-order valence-electron chi connectivity index (χ4n) is 2.55. The maximum Gasteiger partial charge on any atom is 0.0642 e. The summed E-state index contributed by atoms with van der Waals surface area (Å²) in [6.07, 6.45) is 9.74. The molecule has 0 radical (unpaired) electrons. The van der Waals surface area contributed by atoms with Crippen LogP contribution in [-0.4, -0.2) is 9.55 Å². The van der Waals surface area contributed by atoms with Crippen LogP contribution in [0.5, 0.6) is 0 Å². The zero-order valence-electron chi connectivity index (χ0n) is 9.84. The molecule has 0 saturated carbocycles. The smallest absolute Gasteiger partial charge is 0.0642 e. The Bertz CT molecular complexity index is 501. The number of fused-ring (bicyclic) bond motifs is 1. The molecular formula is C14H17N3. The van der Waals surface area contributed by atoms with E-state index in [-0.39, 0.29) is 6.04 Å². The zero-order valence-corrected chi connectivity index (χ0v) is 9.84. The van der Waals surface area contributed by atoms with Gasteiger partial charge >= 0.3 is 0 Å². The second-order valence-electron chi connectivity index (χ2n) is 4.73. The van der Waals surface area contributed by atoms with Crippen LogP contribution < -0.4 is 5.73 Å². The number of aromatic nitrogens is 2. The van der Waals surface area contributed by atoms with Crippen molar-refractivity contribution in [3.05, 3.63) is 53.6 Å². The quantitative estimate of drug-likeness (QED) is 0.855. The topological polar surface area (TPSA) is 43.8 Å².